The zero-order chi connectivity index (χ0) is 16.4. The first kappa shape index (κ1) is 15.5. The Morgan fingerprint density at radius 1 is 1.25 bits per heavy atom. The fourth-order valence-electron chi connectivity index (χ4n) is 3.07. The molecular formula is C17H20N4O2S. The lowest BCUT2D eigenvalue weighted by atomic mass is 10.0. The van der Waals surface area contributed by atoms with E-state index in [1.807, 2.05) is 34.7 Å². The monoisotopic (exact) mass is 344 g/mol. The van der Waals surface area contributed by atoms with E-state index in [0.717, 1.165) is 16.7 Å². The SMILES string of the molecule is Cc1nc(Cn2ccnc2-c2ccc(SC3CCCCC3)o2)no1. The zero-order valence-corrected chi connectivity index (χ0v) is 14.5. The van der Waals surface area contributed by atoms with Gasteiger partial charge >= 0.3 is 0 Å². The quantitative estimate of drug-likeness (QED) is 0.687. The van der Waals surface area contributed by atoms with Crippen LogP contribution in [0, 0.1) is 6.92 Å². The van der Waals surface area contributed by atoms with Gasteiger partial charge in [0.15, 0.2) is 22.5 Å². The molecule has 3 aromatic rings. The number of imidazole rings is 1. The Kier molecular flexibility index (Phi) is 4.42. The smallest absolute Gasteiger partial charge is 0.223 e. The van der Waals surface area contributed by atoms with E-state index in [4.69, 9.17) is 8.94 Å². The molecular weight excluding hydrogens is 324 g/mol. The molecule has 7 heteroatoms. The lowest BCUT2D eigenvalue weighted by Gasteiger charge is -2.19. The largest absolute Gasteiger partial charge is 0.447 e. The molecule has 0 aromatic carbocycles. The standard InChI is InChI=1S/C17H20N4O2S/c1-12-19-15(20-23-12)11-21-10-9-18-17(21)14-7-8-16(22-14)24-13-5-3-2-4-6-13/h7-10,13H,2-6,11H2,1H3. The van der Waals surface area contributed by atoms with Gasteiger partial charge in [0.05, 0.1) is 6.54 Å². The fourth-order valence-corrected chi connectivity index (χ4v) is 4.25. The maximum Gasteiger partial charge on any atom is 0.223 e. The normalized spacial score (nSPS) is 15.9. The number of thioether (sulfide) groups is 1. The Labute approximate surface area is 144 Å². The summed E-state index contributed by atoms with van der Waals surface area (Å²) < 4.78 is 13.0. The van der Waals surface area contributed by atoms with Crippen LogP contribution < -0.4 is 0 Å². The van der Waals surface area contributed by atoms with E-state index in [1.165, 1.54) is 32.1 Å². The summed E-state index contributed by atoms with van der Waals surface area (Å²) in [5.41, 5.74) is 0. The second-order valence-electron chi connectivity index (χ2n) is 6.10. The van der Waals surface area contributed by atoms with Crippen LogP contribution in [0.1, 0.15) is 43.8 Å². The third-order valence-corrected chi connectivity index (χ3v) is 5.49. The van der Waals surface area contributed by atoms with Gasteiger partial charge < -0.3 is 13.5 Å². The minimum Gasteiger partial charge on any atom is -0.447 e. The maximum absolute atomic E-state index is 6.03. The van der Waals surface area contributed by atoms with E-state index < -0.39 is 0 Å². The molecule has 1 fully saturated rings. The first-order valence-corrected chi connectivity index (χ1v) is 9.23. The van der Waals surface area contributed by atoms with E-state index in [2.05, 4.69) is 15.1 Å². The molecule has 0 bridgehead atoms. The van der Waals surface area contributed by atoms with Crippen LogP contribution in [0.5, 0.6) is 0 Å². The molecule has 24 heavy (non-hydrogen) atoms. The van der Waals surface area contributed by atoms with Gasteiger partial charge in [0.1, 0.15) is 0 Å². The molecule has 3 aromatic heterocycles. The van der Waals surface area contributed by atoms with Gasteiger partial charge in [0.25, 0.3) is 0 Å². The van der Waals surface area contributed by atoms with Crippen molar-refractivity contribution < 1.29 is 8.94 Å². The highest BCUT2D eigenvalue weighted by atomic mass is 32.2. The summed E-state index contributed by atoms with van der Waals surface area (Å²) in [5.74, 6) is 2.76. The molecule has 3 heterocycles. The van der Waals surface area contributed by atoms with Crippen molar-refractivity contribution in [3.8, 4) is 11.6 Å². The molecule has 126 valence electrons. The van der Waals surface area contributed by atoms with Crippen molar-refractivity contribution in [3.63, 3.8) is 0 Å². The van der Waals surface area contributed by atoms with Crippen molar-refractivity contribution in [1.29, 1.82) is 0 Å². The number of rotatable bonds is 5. The molecule has 0 unspecified atom stereocenters. The minimum absolute atomic E-state index is 0.512. The Bertz CT molecular complexity index is 801. The molecule has 1 aliphatic rings. The van der Waals surface area contributed by atoms with Crippen molar-refractivity contribution in [2.45, 2.75) is 55.9 Å². The minimum atomic E-state index is 0.512. The van der Waals surface area contributed by atoms with Gasteiger partial charge in [-0.1, -0.05) is 36.2 Å². The van der Waals surface area contributed by atoms with Crippen LogP contribution in [0.3, 0.4) is 0 Å². The van der Waals surface area contributed by atoms with E-state index in [1.54, 1.807) is 13.1 Å². The number of furan rings is 1. The first-order chi connectivity index (χ1) is 11.8. The number of aryl methyl sites for hydroxylation is 1. The summed E-state index contributed by atoms with van der Waals surface area (Å²) in [7, 11) is 0. The third-order valence-electron chi connectivity index (χ3n) is 4.23. The number of nitrogens with zero attached hydrogens (tertiary/aromatic N) is 4. The molecule has 0 atom stereocenters. The molecule has 0 spiro atoms. The van der Waals surface area contributed by atoms with Crippen molar-refractivity contribution in [2.75, 3.05) is 0 Å². The summed E-state index contributed by atoms with van der Waals surface area (Å²) in [6.07, 6.45) is 10.3. The van der Waals surface area contributed by atoms with Gasteiger partial charge in [0.2, 0.25) is 5.89 Å². The third kappa shape index (κ3) is 3.40. The summed E-state index contributed by atoms with van der Waals surface area (Å²) in [6.45, 7) is 2.30. The van der Waals surface area contributed by atoms with Crippen molar-refractivity contribution in [3.05, 3.63) is 36.2 Å². The summed E-state index contributed by atoms with van der Waals surface area (Å²) in [4.78, 5) is 8.67. The molecule has 1 aliphatic carbocycles. The lowest BCUT2D eigenvalue weighted by molar-refractivity contribution is 0.386. The second-order valence-corrected chi connectivity index (χ2v) is 7.41. The summed E-state index contributed by atoms with van der Waals surface area (Å²) in [5, 5.41) is 5.59. The average Bonchev–Trinajstić information content (AvgIpc) is 3.31. The predicted molar refractivity (Wildman–Crippen MR) is 90.8 cm³/mol. The van der Waals surface area contributed by atoms with Gasteiger partial charge in [-0.3, -0.25) is 0 Å². The van der Waals surface area contributed by atoms with Crippen LogP contribution in [0.4, 0.5) is 0 Å². The van der Waals surface area contributed by atoms with E-state index in [0.29, 0.717) is 23.5 Å². The molecule has 1 saturated carbocycles. The molecule has 6 nitrogen and oxygen atoms in total. The van der Waals surface area contributed by atoms with Gasteiger partial charge in [0, 0.05) is 24.6 Å². The van der Waals surface area contributed by atoms with Crippen LogP contribution in [-0.4, -0.2) is 24.9 Å². The molecule has 0 radical (unpaired) electrons. The zero-order valence-electron chi connectivity index (χ0n) is 13.6. The molecule has 0 amide bonds. The predicted octanol–water partition coefficient (Wildman–Crippen LogP) is 4.31. The first-order valence-electron chi connectivity index (χ1n) is 8.35. The van der Waals surface area contributed by atoms with Gasteiger partial charge in [-0.2, -0.15) is 4.98 Å². The highest BCUT2D eigenvalue weighted by Gasteiger charge is 2.18. The van der Waals surface area contributed by atoms with E-state index >= 15 is 0 Å². The Morgan fingerprint density at radius 2 is 2.12 bits per heavy atom. The van der Waals surface area contributed by atoms with E-state index in [-0.39, 0.29) is 0 Å². The molecule has 4 rings (SSSR count). The Morgan fingerprint density at radius 3 is 2.92 bits per heavy atom. The van der Waals surface area contributed by atoms with Crippen molar-refractivity contribution in [1.82, 2.24) is 19.7 Å². The van der Waals surface area contributed by atoms with Crippen LogP contribution in [-0.2, 0) is 6.54 Å². The summed E-state index contributed by atoms with van der Waals surface area (Å²) >= 11 is 1.85. The molecule has 0 N–H and O–H groups in total. The van der Waals surface area contributed by atoms with Crippen LogP contribution in [0.25, 0.3) is 11.6 Å². The molecule has 0 aliphatic heterocycles. The lowest BCUT2D eigenvalue weighted by Crippen LogP contribution is -2.07. The van der Waals surface area contributed by atoms with Gasteiger partial charge in [-0.25, -0.2) is 4.98 Å². The van der Waals surface area contributed by atoms with Crippen LogP contribution in [0.2, 0.25) is 0 Å². The van der Waals surface area contributed by atoms with Crippen LogP contribution in [0.15, 0.2) is 38.6 Å². The Hall–Kier alpha value is -2.02. The van der Waals surface area contributed by atoms with Crippen molar-refractivity contribution >= 4 is 11.8 Å². The van der Waals surface area contributed by atoms with E-state index in [9.17, 15) is 0 Å². The highest BCUT2D eigenvalue weighted by molar-refractivity contribution is 7.99. The van der Waals surface area contributed by atoms with Crippen molar-refractivity contribution in [2.24, 2.45) is 0 Å². The van der Waals surface area contributed by atoms with Crippen LogP contribution >= 0.6 is 11.8 Å². The number of aromatic nitrogens is 4. The highest BCUT2D eigenvalue weighted by Crippen LogP contribution is 2.36. The summed E-state index contributed by atoms with van der Waals surface area (Å²) in [6, 6.07) is 4.04. The number of hydrogen-bond acceptors (Lipinski definition) is 6. The van der Waals surface area contributed by atoms with Gasteiger partial charge in [-0.05, 0) is 25.0 Å². The van der Waals surface area contributed by atoms with Gasteiger partial charge in [-0.15, -0.1) is 0 Å². The second kappa shape index (κ2) is 6.84. The molecule has 0 saturated heterocycles. The average molecular weight is 344 g/mol. The maximum atomic E-state index is 6.03. The topological polar surface area (TPSA) is 69.9 Å². The Balaban J connectivity index is 1.49. The fraction of sp³-hybridized carbons (Fsp3) is 0.471. The number of hydrogen-bond donors (Lipinski definition) is 0.